The van der Waals surface area contributed by atoms with Gasteiger partial charge in [-0.2, -0.15) is 0 Å². The predicted molar refractivity (Wildman–Crippen MR) is 91.3 cm³/mol. The number of benzene rings is 1. The number of hydrogen-bond donors (Lipinski definition) is 0. The van der Waals surface area contributed by atoms with Gasteiger partial charge in [0, 0.05) is 18.9 Å². The van der Waals surface area contributed by atoms with Crippen LogP contribution in [0.5, 0.6) is 0 Å². The van der Waals surface area contributed by atoms with Crippen LogP contribution in [0.1, 0.15) is 56.2 Å². The van der Waals surface area contributed by atoms with E-state index in [4.69, 9.17) is 4.42 Å². The van der Waals surface area contributed by atoms with Crippen molar-refractivity contribution in [3.05, 3.63) is 53.5 Å². The third kappa shape index (κ3) is 2.96. The van der Waals surface area contributed by atoms with E-state index in [0.717, 1.165) is 44.2 Å². The number of aromatic nitrogens is 1. The van der Waals surface area contributed by atoms with Gasteiger partial charge in [0.15, 0.2) is 0 Å². The molecule has 2 aliphatic rings. The molecule has 0 unspecified atom stereocenters. The van der Waals surface area contributed by atoms with Crippen LogP contribution in [0.25, 0.3) is 0 Å². The maximum absolute atomic E-state index is 13.3. The molecule has 1 saturated carbocycles. The molecule has 2 aromatic rings. The van der Waals surface area contributed by atoms with Crippen molar-refractivity contribution in [1.82, 2.24) is 9.88 Å². The van der Waals surface area contributed by atoms with E-state index in [-0.39, 0.29) is 17.6 Å². The van der Waals surface area contributed by atoms with Crippen molar-refractivity contribution in [3.8, 4) is 0 Å². The summed E-state index contributed by atoms with van der Waals surface area (Å²) < 4.78 is 19.3. The van der Waals surface area contributed by atoms with Crippen LogP contribution in [0.15, 0.2) is 34.9 Å². The van der Waals surface area contributed by atoms with Crippen LogP contribution in [-0.4, -0.2) is 22.3 Å². The van der Waals surface area contributed by atoms with Crippen molar-refractivity contribution >= 4 is 5.91 Å². The Bertz CT molecular complexity index is 784. The average molecular weight is 342 g/mol. The number of nitrogens with zero attached hydrogens (tertiary/aromatic N) is 2. The normalized spacial score (nSPS) is 23.7. The fourth-order valence-corrected chi connectivity index (χ4v) is 3.90. The Hall–Kier alpha value is -2.17. The molecular weight excluding hydrogens is 319 g/mol. The molecule has 132 valence electrons. The van der Waals surface area contributed by atoms with Gasteiger partial charge in [-0.25, -0.2) is 9.37 Å². The minimum atomic E-state index is -0.465. The Morgan fingerprint density at radius 2 is 2.24 bits per heavy atom. The van der Waals surface area contributed by atoms with Gasteiger partial charge in [-0.05, 0) is 50.3 Å². The minimum Gasteiger partial charge on any atom is -0.443 e. The quantitative estimate of drug-likeness (QED) is 0.842. The topological polar surface area (TPSA) is 46.3 Å². The van der Waals surface area contributed by atoms with Gasteiger partial charge < -0.3 is 9.32 Å². The van der Waals surface area contributed by atoms with Crippen LogP contribution < -0.4 is 0 Å². The lowest BCUT2D eigenvalue weighted by molar-refractivity contribution is -0.143. The first-order valence-corrected chi connectivity index (χ1v) is 9.07. The molecule has 2 heterocycles. The van der Waals surface area contributed by atoms with E-state index >= 15 is 0 Å². The van der Waals surface area contributed by atoms with E-state index in [1.807, 2.05) is 17.9 Å². The number of rotatable bonds is 4. The number of likely N-dealkylation sites (tertiary alicyclic amines) is 1. The highest BCUT2D eigenvalue weighted by Gasteiger charge is 2.47. The predicted octanol–water partition coefficient (Wildman–Crippen LogP) is 4.04. The van der Waals surface area contributed by atoms with Gasteiger partial charge in [-0.15, -0.1) is 0 Å². The highest BCUT2D eigenvalue weighted by Crippen LogP contribution is 2.41. The molecule has 4 nitrogen and oxygen atoms in total. The molecular formula is C20H23FN2O2. The van der Waals surface area contributed by atoms with E-state index in [0.29, 0.717) is 18.1 Å². The molecule has 0 radical (unpaired) electrons. The second kappa shape index (κ2) is 6.28. The van der Waals surface area contributed by atoms with E-state index < -0.39 is 5.54 Å². The monoisotopic (exact) mass is 342 g/mol. The summed E-state index contributed by atoms with van der Waals surface area (Å²) in [4.78, 5) is 19.2. The fourth-order valence-electron chi connectivity index (χ4n) is 3.90. The Morgan fingerprint density at radius 3 is 2.96 bits per heavy atom. The molecule has 1 amide bonds. The molecule has 0 N–H and O–H groups in total. The first kappa shape index (κ1) is 16.3. The lowest BCUT2D eigenvalue weighted by Crippen LogP contribution is -2.47. The number of carbonyl (C=O) groups excluding carboxylic acids is 1. The zero-order chi connectivity index (χ0) is 17.4. The smallest absolute Gasteiger partial charge is 0.226 e. The zero-order valence-corrected chi connectivity index (χ0v) is 14.5. The molecule has 0 bridgehead atoms. The lowest BCUT2D eigenvalue weighted by atomic mass is 9.83. The molecule has 1 atom stereocenters. The van der Waals surface area contributed by atoms with Crippen molar-refractivity contribution in [3.63, 3.8) is 0 Å². The van der Waals surface area contributed by atoms with Gasteiger partial charge in [0.05, 0.1) is 6.20 Å². The minimum absolute atomic E-state index is 0.180. The third-order valence-corrected chi connectivity index (χ3v) is 5.64. The SMILES string of the molecule is C[C@]1(c2ncc(Cc3cccc(F)c3)o2)CCCN1C(=O)C1CCC1. The largest absolute Gasteiger partial charge is 0.443 e. The van der Waals surface area contributed by atoms with E-state index in [2.05, 4.69) is 4.98 Å². The third-order valence-electron chi connectivity index (χ3n) is 5.64. The maximum atomic E-state index is 13.3. The summed E-state index contributed by atoms with van der Waals surface area (Å²) in [6, 6.07) is 6.50. The molecule has 0 spiro atoms. The first-order chi connectivity index (χ1) is 12.1. The van der Waals surface area contributed by atoms with Gasteiger partial charge in [0.1, 0.15) is 17.1 Å². The summed E-state index contributed by atoms with van der Waals surface area (Å²) in [7, 11) is 0. The summed E-state index contributed by atoms with van der Waals surface area (Å²) in [6.45, 7) is 2.82. The van der Waals surface area contributed by atoms with E-state index in [9.17, 15) is 9.18 Å². The van der Waals surface area contributed by atoms with Crippen molar-refractivity contribution in [1.29, 1.82) is 0 Å². The maximum Gasteiger partial charge on any atom is 0.226 e. The first-order valence-electron chi connectivity index (χ1n) is 9.07. The van der Waals surface area contributed by atoms with Crippen LogP contribution in [0.4, 0.5) is 4.39 Å². The summed E-state index contributed by atoms with van der Waals surface area (Å²) in [5.74, 6) is 1.47. The van der Waals surface area contributed by atoms with Gasteiger partial charge in [0.25, 0.3) is 0 Å². The van der Waals surface area contributed by atoms with Crippen molar-refractivity contribution in [2.24, 2.45) is 5.92 Å². The van der Waals surface area contributed by atoms with Crippen LogP contribution in [0.2, 0.25) is 0 Å². The highest BCUT2D eigenvalue weighted by molar-refractivity contribution is 5.80. The number of oxazole rings is 1. The average Bonchev–Trinajstić information content (AvgIpc) is 3.13. The Labute approximate surface area is 147 Å². The van der Waals surface area contributed by atoms with Gasteiger partial charge >= 0.3 is 0 Å². The molecule has 1 saturated heterocycles. The number of halogens is 1. The number of amides is 1. The Balaban J connectivity index is 1.54. The van der Waals surface area contributed by atoms with Crippen molar-refractivity contribution in [2.75, 3.05) is 6.54 Å². The van der Waals surface area contributed by atoms with Crippen LogP contribution in [0, 0.1) is 11.7 Å². The molecule has 5 heteroatoms. The summed E-state index contributed by atoms with van der Waals surface area (Å²) in [5, 5.41) is 0. The highest BCUT2D eigenvalue weighted by atomic mass is 19.1. The lowest BCUT2D eigenvalue weighted by Gasteiger charge is -2.37. The zero-order valence-electron chi connectivity index (χ0n) is 14.5. The molecule has 4 rings (SSSR count). The van der Waals surface area contributed by atoms with Crippen LogP contribution >= 0.6 is 0 Å². The summed E-state index contributed by atoms with van der Waals surface area (Å²) >= 11 is 0. The second-order valence-electron chi connectivity index (χ2n) is 7.43. The van der Waals surface area contributed by atoms with Crippen LogP contribution in [0.3, 0.4) is 0 Å². The number of hydrogen-bond acceptors (Lipinski definition) is 3. The fraction of sp³-hybridized carbons (Fsp3) is 0.500. The molecule has 2 fully saturated rings. The summed E-state index contributed by atoms with van der Waals surface area (Å²) in [5.41, 5.74) is 0.383. The Morgan fingerprint density at radius 1 is 1.40 bits per heavy atom. The molecule has 1 aliphatic carbocycles. The number of carbonyl (C=O) groups is 1. The standard InChI is InChI=1S/C20H23FN2O2/c1-20(9-4-10-23(20)18(24)15-6-3-7-15)19-22-13-17(25-19)12-14-5-2-8-16(21)11-14/h2,5,8,11,13,15H,3-4,6-7,9-10,12H2,1H3/t20-/m1/s1. The second-order valence-corrected chi connectivity index (χ2v) is 7.43. The summed E-state index contributed by atoms with van der Waals surface area (Å²) in [6.07, 6.45) is 7.19. The molecule has 25 heavy (non-hydrogen) atoms. The van der Waals surface area contributed by atoms with Gasteiger partial charge in [0.2, 0.25) is 11.8 Å². The van der Waals surface area contributed by atoms with Crippen molar-refractivity contribution < 1.29 is 13.6 Å². The van der Waals surface area contributed by atoms with Gasteiger partial charge in [-0.1, -0.05) is 18.6 Å². The molecule has 1 aromatic heterocycles. The van der Waals surface area contributed by atoms with Gasteiger partial charge in [-0.3, -0.25) is 4.79 Å². The van der Waals surface area contributed by atoms with Crippen molar-refractivity contribution in [2.45, 2.75) is 51.0 Å². The Kier molecular flexibility index (Phi) is 4.10. The van der Waals surface area contributed by atoms with E-state index in [1.54, 1.807) is 12.3 Å². The molecule has 1 aromatic carbocycles. The van der Waals surface area contributed by atoms with E-state index in [1.165, 1.54) is 12.1 Å². The molecule has 1 aliphatic heterocycles. The van der Waals surface area contributed by atoms with Crippen LogP contribution in [-0.2, 0) is 16.8 Å².